The molecule has 1 atom stereocenters. The van der Waals surface area contributed by atoms with Crippen molar-refractivity contribution < 1.29 is 28.5 Å². The Bertz CT molecular complexity index is 895. The standard InChI is InChI=1S/C21H25NO5/c1-13-5-6-17(24-3)20(25-4)15(13)10-22(2)8-7-14-9-18-21(27-12-26-18)19(23)16(14)11-22/h5-6,9H,7-8,10-12H2,1-4H3/p+1. The van der Waals surface area contributed by atoms with Crippen LogP contribution in [0.25, 0.3) is 0 Å². The van der Waals surface area contributed by atoms with Crippen LogP contribution in [-0.4, -0.2) is 44.2 Å². The van der Waals surface area contributed by atoms with Crippen LogP contribution in [0.3, 0.4) is 0 Å². The summed E-state index contributed by atoms with van der Waals surface area (Å²) in [6.07, 6.45) is 0.876. The number of phenolic OH excluding ortho intramolecular Hbond substituents is 1. The first kappa shape index (κ1) is 17.8. The van der Waals surface area contributed by atoms with Crippen LogP contribution in [0, 0.1) is 6.92 Å². The second-order valence-electron chi connectivity index (χ2n) is 7.60. The molecule has 0 spiro atoms. The summed E-state index contributed by atoms with van der Waals surface area (Å²) in [6.45, 7) is 4.73. The minimum atomic E-state index is 0.165. The van der Waals surface area contributed by atoms with Gasteiger partial charge in [-0.1, -0.05) is 6.07 Å². The van der Waals surface area contributed by atoms with Gasteiger partial charge < -0.3 is 28.5 Å². The quantitative estimate of drug-likeness (QED) is 0.836. The number of aromatic hydroxyl groups is 1. The number of nitrogens with zero attached hydrogens (tertiary/aromatic N) is 1. The van der Waals surface area contributed by atoms with Crippen molar-refractivity contribution in [2.75, 3.05) is 34.6 Å². The van der Waals surface area contributed by atoms with Crippen molar-refractivity contribution in [3.63, 3.8) is 0 Å². The fraction of sp³-hybridized carbons (Fsp3) is 0.429. The molecule has 1 unspecified atom stereocenters. The summed E-state index contributed by atoms with van der Waals surface area (Å²) < 4.78 is 22.8. The van der Waals surface area contributed by atoms with E-state index >= 15 is 0 Å². The number of likely N-dealkylation sites (N-methyl/N-ethyl adjacent to an activating group) is 1. The maximum Gasteiger partial charge on any atom is 0.231 e. The van der Waals surface area contributed by atoms with Gasteiger partial charge in [0.15, 0.2) is 23.0 Å². The predicted octanol–water partition coefficient (Wildman–Crippen LogP) is 3.15. The highest BCUT2D eigenvalue weighted by molar-refractivity contribution is 5.59. The number of benzene rings is 2. The minimum absolute atomic E-state index is 0.165. The second kappa shape index (κ2) is 6.53. The Hall–Kier alpha value is -2.60. The van der Waals surface area contributed by atoms with Crippen molar-refractivity contribution in [3.05, 3.63) is 40.5 Å². The van der Waals surface area contributed by atoms with Gasteiger partial charge in [-0.05, 0) is 30.2 Å². The van der Waals surface area contributed by atoms with Gasteiger partial charge in [0.1, 0.15) is 13.1 Å². The van der Waals surface area contributed by atoms with Crippen LogP contribution < -0.4 is 18.9 Å². The van der Waals surface area contributed by atoms with Gasteiger partial charge in [0.05, 0.1) is 38.9 Å². The molecule has 0 bridgehead atoms. The summed E-state index contributed by atoms with van der Waals surface area (Å²) in [5.74, 6) is 2.87. The number of hydrogen-bond donors (Lipinski definition) is 1. The molecule has 2 aliphatic rings. The average molecular weight is 372 g/mol. The molecular formula is C21H26NO5+. The molecule has 2 aliphatic heterocycles. The number of methoxy groups -OCH3 is 2. The van der Waals surface area contributed by atoms with Crippen molar-refractivity contribution >= 4 is 0 Å². The molecule has 6 nitrogen and oxygen atoms in total. The molecule has 0 amide bonds. The zero-order valence-corrected chi connectivity index (χ0v) is 16.3. The third-order valence-corrected chi connectivity index (χ3v) is 5.72. The molecule has 1 N–H and O–H groups in total. The SMILES string of the molecule is COc1ccc(C)c(C[N+]2(C)CCc3cc4c(c(O)c3C2)OCO4)c1OC. The summed E-state index contributed by atoms with van der Waals surface area (Å²) in [5, 5.41) is 10.7. The van der Waals surface area contributed by atoms with Crippen LogP contribution in [0.2, 0.25) is 0 Å². The number of fused-ring (bicyclic) bond motifs is 2. The lowest BCUT2D eigenvalue weighted by molar-refractivity contribution is -0.937. The highest BCUT2D eigenvalue weighted by Crippen LogP contribution is 2.47. The Morgan fingerprint density at radius 2 is 2.00 bits per heavy atom. The maximum atomic E-state index is 10.7. The predicted molar refractivity (Wildman–Crippen MR) is 101 cm³/mol. The summed E-state index contributed by atoms with van der Waals surface area (Å²) in [6, 6.07) is 6.02. The molecule has 144 valence electrons. The van der Waals surface area contributed by atoms with Gasteiger partial charge in [0, 0.05) is 6.42 Å². The highest BCUT2D eigenvalue weighted by atomic mass is 16.7. The van der Waals surface area contributed by atoms with E-state index in [0.29, 0.717) is 11.5 Å². The van der Waals surface area contributed by atoms with E-state index in [9.17, 15) is 5.11 Å². The Morgan fingerprint density at radius 1 is 1.19 bits per heavy atom. The summed E-state index contributed by atoms with van der Waals surface area (Å²) in [7, 11) is 5.55. The van der Waals surface area contributed by atoms with Crippen LogP contribution >= 0.6 is 0 Å². The monoisotopic (exact) mass is 372 g/mol. The second-order valence-corrected chi connectivity index (χ2v) is 7.60. The first-order valence-corrected chi connectivity index (χ1v) is 9.13. The largest absolute Gasteiger partial charge is 0.504 e. The molecule has 4 rings (SSSR count). The van der Waals surface area contributed by atoms with Crippen molar-refractivity contribution in [1.29, 1.82) is 0 Å². The lowest BCUT2D eigenvalue weighted by Gasteiger charge is -2.39. The van der Waals surface area contributed by atoms with Gasteiger partial charge in [0.25, 0.3) is 0 Å². The van der Waals surface area contributed by atoms with Crippen LogP contribution in [0.4, 0.5) is 0 Å². The molecule has 6 heteroatoms. The Morgan fingerprint density at radius 3 is 2.74 bits per heavy atom. The molecule has 0 aromatic heterocycles. The first-order valence-electron chi connectivity index (χ1n) is 9.13. The number of phenols is 1. The molecule has 2 aromatic carbocycles. The van der Waals surface area contributed by atoms with Gasteiger partial charge in [-0.15, -0.1) is 0 Å². The summed E-state index contributed by atoms with van der Waals surface area (Å²) >= 11 is 0. The third kappa shape index (κ3) is 2.94. The Balaban J connectivity index is 1.69. The van der Waals surface area contributed by atoms with E-state index in [1.807, 2.05) is 12.1 Å². The van der Waals surface area contributed by atoms with E-state index in [-0.39, 0.29) is 12.5 Å². The van der Waals surface area contributed by atoms with E-state index in [1.165, 1.54) is 5.56 Å². The van der Waals surface area contributed by atoms with Gasteiger partial charge in [-0.2, -0.15) is 0 Å². The fourth-order valence-corrected chi connectivity index (χ4v) is 4.17. The zero-order chi connectivity index (χ0) is 19.2. The van der Waals surface area contributed by atoms with Gasteiger partial charge >= 0.3 is 0 Å². The number of rotatable bonds is 4. The molecule has 27 heavy (non-hydrogen) atoms. The van der Waals surface area contributed by atoms with E-state index in [2.05, 4.69) is 20.0 Å². The van der Waals surface area contributed by atoms with Crippen molar-refractivity contribution in [1.82, 2.24) is 0 Å². The van der Waals surface area contributed by atoms with Crippen molar-refractivity contribution in [2.45, 2.75) is 26.4 Å². The van der Waals surface area contributed by atoms with Gasteiger partial charge in [-0.3, -0.25) is 0 Å². The lowest BCUT2D eigenvalue weighted by Crippen LogP contribution is -2.47. The van der Waals surface area contributed by atoms with E-state index in [1.54, 1.807) is 14.2 Å². The molecule has 2 aromatic rings. The molecule has 0 fully saturated rings. The van der Waals surface area contributed by atoms with Gasteiger partial charge in [0.2, 0.25) is 12.5 Å². The highest BCUT2D eigenvalue weighted by Gasteiger charge is 2.35. The Labute approximate surface area is 159 Å². The van der Waals surface area contributed by atoms with Crippen LogP contribution in [-0.2, 0) is 19.5 Å². The minimum Gasteiger partial charge on any atom is -0.504 e. The van der Waals surface area contributed by atoms with Crippen LogP contribution in [0.15, 0.2) is 18.2 Å². The number of quaternary nitrogens is 1. The van der Waals surface area contributed by atoms with E-state index in [0.717, 1.165) is 58.7 Å². The molecule has 0 saturated heterocycles. The Kier molecular flexibility index (Phi) is 4.30. The summed E-state index contributed by atoms with van der Waals surface area (Å²) in [4.78, 5) is 0. The number of hydrogen-bond acceptors (Lipinski definition) is 5. The average Bonchev–Trinajstić information content (AvgIpc) is 3.13. The van der Waals surface area contributed by atoms with E-state index < -0.39 is 0 Å². The first-order chi connectivity index (χ1) is 13.0. The zero-order valence-electron chi connectivity index (χ0n) is 16.3. The van der Waals surface area contributed by atoms with E-state index in [4.69, 9.17) is 18.9 Å². The molecule has 0 aliphatic carbocycles. The van der Waals surface area contributed by atoms with Gasteiger partial charge in [-0.25, -0.2) is 0 Å². The normalized spacial score (nSPS) is 20.3. The van der Waals surface area contributed by atoms with Crippen molar-refractivity contribution in [3.8, 4) is 28.7 Å². The fourth-order valence-electron chi connectivity index (χ4n) is 4.17. The summed E-state index contributed by atoms with van der Waals surface area (Å²) in [5.41, 5.74) is 4.41. The number of aryl methyl sites for hydroxylation is 1. The molecule has 2 heterocycles. The lowest BCUT2D eigenvalue weighted by atomic mass is 9.94. The molecule has 0 radical (unpaired) electrons. The van der Waals surface area contributed by atoms with Crippen LogP contribution in [0.1, 0.15) is 22.3 Å². The smallest absolute Gasteiger partial charge is 0.231 e. The number of ether oxygens (including phenoxy) is 4. The molecular weight excluding hydrogens is 346 g/mol. The van der Waals surface area contributed by atoms with Crippen LogP contribution in [0.5, 0.6) is 28.7 Å². The third-order valence-electron chi connectivity index (χ3n) is 5.72. The molecule has 0 saturated carbocycles. The topological polar surface area (TPSA) is 57.2 Å². The maximum absolute atomic E-state index is 10.7. The van der Waals surface area contributed by atoms with Crippen molar-refractivity contribution in [2.24, 2.45) is 0 Å².